The Morgan fingerprint density at radius 3 is 2.22 bits per heavy atom. The molecule has 0 fully saturated rings. The summed E-state index contributed by atoms with van der Waals surface area (Å²) in [4.78, 5) is 12.3. The van der Waals surface area contributed by atoms with Gasteiger partial charge in [-0.2, -0.15) is 0 Å². The zero-order chi connectivity index (χ0) is 17.0. The fourth-order valence-corrected chi connectivity index (χ4v) is 2.60. The molecule has 1 amide bonds. The predicted octanol–water partition coefficient (Wildman–Crippen LogP) is 5.32. The van der Waals surface area contributed by atoms with Crippen molar-refractivity contribution >= 4 is 46.4 Å². The standard InChI is InChI=1S/C17H17Cl3N2O/c1-10(12-3-5-13(18)6-4-12)21-11(2)17(23)22-16-9-14(19)7-8-15(16)20/h3-11,21H,1-2H3,(H,22,23)/t10-,11+/m0/s1. The first-order valence-electron chi connectivity index (χ1n) is 7.14. The van der Waals surface area contributed by atoms with Crippen molar-refractivity contribution in [1.82, 2.24) is 5.32 Å². The van der Waals surface area contributed by atoms with Crippen molar-refractivity contribution in [1.29, 1.82) is 0 Å². The van der Waals surface area contributed by atoms with Gasteiger partial charge < -0.3 is 5.32 Å². The third-order valence-electron chi connectivity index (χ3n) is 3.45. The number of anilines is 1. The Morgan fingerprint density at radius 2 is 1.57 bits per heavy atom. The lowest BCUT2D eigenvalue weighted by atomic mass is 10.1. The van der Waals surface area contributed by atoms with E-state index in [9.17, 15) is 4.79 Å². The Bertz CT molecular complexity index is 689. The van der Waals surface area contributed by atoms with Gasteiger partial charge in [-0.15, -0.1) is 0 Å². The van der Waals surface area contributed by atoms with Crippen LogP contribution in [0.25, 0.3) is 0 Å². The van der Waals surface area contributed by atoms with E-state index in [1.54, 1.807) is 25.1 Å². The van der Waals surface area contributed by atoms with Crippen molar-refractivity contribution in [3.63, 3.8) is 0 Å². The summed E-state index contributed by atoms with van der Waals surface area (Å²) in [5.41, 5.74) is 1.55. The largest absolute Gasteiger partial charge is 0.323 e. The number of benzene rings is 2. The van der Waals surface area contributed by atoms with Gasteiger partial charge in [-0.1, -0.05) is 46.9 Å². The van der Waals surface area contributed by atoms with Crippen LogP contribution in [0.1, 0.15) is 25.5 Å². The number of hydrogen-bond acceptors (Lipinski definition) is 2. The molecule has 0 spiro atoms. The molecule has 2 atom stereocenters. The highest BCUT2D eigenvalue weighted by molar-refractivity contribution is 6.35. The molecule has 2 aromatic rings. The molecule has 0 saturated carbocycles. The third kappa shape index (κ3) is 5.11. The molecule has 2 aromatic carbocycles. The van der Waals surface area contributed by atoms with Crippen LogP contribution in [-0.4, -0.2) is 11.9 Å². The number of nitrogens with one attached hydrogen (secondary N) is 2. The molecule has 0 aromatic heterocycles. The van der Waals surface area contributed by atoms with E-state index < -0.39 is 6.04 Å². The predicted molar refractivity (Wildman–Crippen MR) is 97.6 cm³/mol. The molecule has 0 bridgehead atoms. The van der Waals surface area contributed by atoms with Gasteiger partial charge in [0, 0.05) is 16.1 Å². The monoisotopic (exact) mass is 370 g/mol. The van der Waals surface area contributed by atoms with E-state index in [1.807, 2.05) is 31.2 Å². The molecule has 0 heterocycles. The number of carbonyl (C=O) groups excluding carboxylic acids is 1. The minimum absolute atomic E-state index is 0.00264. The highest BCUT2D eigenvalue weighted by atomic mass is 35.5. The van der Waals surface area contributed by atoms with Gasteiger partial charge in [0.2, 0.25) is 5.91 Å². The smallest absolute Gasteiger partial charge is 0.241 e. The molecular weight excluding hydrogens is 355 g/mol. The summed E-state index contributed by atoms with van der Waals surface area (Å²) >= 11 is 17.9. The lowest BCUT2D eigenvalue weighted by Crippen LogP contribution is -2.39. The summed E-state index contributed by atoms with van der Waals surface area (Å²) in [5, 5.41) is 7.66. The van der Waals surface area contributed by atoms with E-state index in [-0.39, 0.29) is 11.9 Å². The second-order valence-corrected chi connectivity index (χ2v) is 6.56. The highest BCUT2D eigenvalue weighted by Crippen LogP contribution is 2.25. The lowest BCUT2D eigenvalue weighted by Gasteiger charge is -2.20. The van der Waals surface area contributed by atoms with Crippen molar-refractivity contribution in [3.05, 3.63) is 63.1 Å². The fraction of sp³-hybridized carbons (Fsp3) is 0.235. The summed E-state index contributed by atoms with van der Waals surface area (Å²) in [6.45, 7) is 3.78. The van der Waals surface area contributed by atoms with E-state index in [0.29, 0.717) is 20.8 Å². The summed E-state index contributed by atoms with van der Waals surface area (Å²) in [6, 6.07) is 12.0. The van der Waals surface area contributed by atoms with Gasteiger partial charge in [-0.25, -0.2) is 0 Å². The van der Waals surface area contributed by atoms with Crippen molar-refractivity contribution in [2.45, 2.75) is 25.9 Å². The maximum absolute atomic E-state index is 12.3. The molecule has 2 N–H and O–H groups in total. The van der Waals surface area contributed by atoms with Crippen LogP contribution in [0.3, 0.4) is 0 Å². The molecule has 0 radical (unpaired) electrons. The van der Waals surface area contributed by atoms with Crippen LogP contribution in [0.2, 0.25) is 15.1 Å². The SMILES string of the molecule is C[C@H](N[C@H](C)C(=O)Nc1cc(Cl)ccc1Cl)c1ccc(Cl)cc1. The maximum atomic E-state index is 12.3. The van der Waals surface area contributed by atoms with E-state index in [2.05, 4.69) is 10.6 Å². The first-order valence-corrected chi connectivity index (χ1v) is 8.27. The second-order valence-electron chi connectivity index (χ2n) is 5.28. The normalized spacial score (nSPS) is 13.4. The van der Waals surface area contributed by atoms with E-state index in [1.165, 1.54) is 0 Å². The molecule has 2 rings (SSSR count). The first-order chi connectivity index (χ1) is 10.9. The quantitative estimate of drug-likeness (QED) is 0.746. The third-order valence-corrected chi connectivity index (χ3v) is 4.27. The Morgan fingerprint density at radius 1 is 0.957 bits per heavy atom. The van der Waals surface area contributed by atoms with Crippen LogP contribution < -0.4 is 10.6 Å². The molecule has 0 saturated heterocycles. The first kappa shape index (κ1) is 18.1. The van der Waals surface area contributed by atoms with Crippen LogP contribution >= 0.6 is 34.8 Å². The Kier molecular flexibility index (Phi) is 6.31. The van der Waals surface area contributed by atoms with Crippen LogP contribution in [0, 0.1) is 0 Å². The van der Waals surface area contributed by atoms with Gasteiger partial charge in [-0.3, -0.25) is 10.1 Å². The molecule has 0 unspecified atom stereocenters. The van der Waals surface area contributed by atoms with Crippen LogP contribution in [0.5, 0.6) is 0 Å². The minimum atomic E-state index is -0.407. The number of hydrogen-bond donors (Lipinski definition) is 2. The number of carbonyl (C=O) groups is 1. The summed E-state index contributed by atoms with van der Waals surface area (Å²) in [5.74, 6) is -0.185. The lowest BCUT2D eigenvalue weighted by molar-refractivity contribution is -0.117. The van der Waals surface area contributed by atoms with Crippen LogP contribution in [0.4, 0.5) is 5.69 Å². The molecule has 122 valence electrons. The molecule has 0 aliphatic heterocycles. The molecule has 6 heteroatoms. The summed E-state index contributed by atoms with van der Waals surface area (Å²) in [6.07, 6.45) is 0. The number of amides is 1. The van der Waals surface area contributed by atoms with Gasteiger partial charge in [0.25, 0.3) is 0 Å². The fourth-order valence-electron chi connectivity index (χ4n) is 2.13. The van der Waals surface area contributed by atoms with Crippen molar-refractivity contribution in [2.24, 2.45) is 0 Å². The highest BCUT2D eigenvalue weighted by Gasteiger charge is 2.17. The van der Waals surface area contributed by atoms with Crippen molar-refractivity contribution < 1.29 is 4.79 Å². The van der Waals surface area contributed by atoms with Gasteiger partial charge in [0.1, 0.15) is 0 Å². The van der Waals surface area contributed by atoms with Gasteiger partial charge in [-0.05, 0) is 49.7 Å². The number of halogens is 3. The van der Waals surface area contributed by atoms with Crippen LogP contribution in [-0.2, 0) is 4.79 Å². The summed E-state index contributed by atoms with van der Waals surface area (Å²) in [7, 11) is 0. The second kappa shape index (κ2) is 8.02. The van der Waals surface area contributed by atoms with E-state index in [0.717, 1.165) is 5.56 Å². The zero-order valence-electron chi connectivity index (χ0n) is 12.7. The van der Waals surface area contributed by atoms with Gasteiger partial charge in [0.15, 0.2) is 0 Å². The van der Waals surface area contributed by atoms with Crippen molar-refractivity contribution in [2.75, 3.05) is 5.32 Å². The molecular formula is C17H17Cl3N2O. The van der Waals surface area contributed by atoms with E-state index in [4.69, 9.17) is 34.8 Å². The summed E-state index contributed by atoms with van der Waals surface area (Å²) < 4.78 is 0. The maximum Gasteiger partial charge on any atom is 0.241 e. The topological polar surface area (TPSA) is 41.1 Å². The molecule has 3 nitrogen and oxygen atoms in total. The minimum Gasteiger partial charge on any atom is -0.323 e. The van der Waals surface area contributed by atoms with Crippen molar-refractivity contribution in [3.8, 4) is 0 Å². The van der Waals surface area contributed by atoms with E-state index >= 15 is 0 Å². The van der Waals surface area contributed by atoms with Gasteiger partial charge in [0.05, 0.1) is 16.8 Å². The average molecular weight is 372 g/mol. The molecule has 23 heavy (non-hydrogen) atoms. The molecule has 0 aliphatic rings. The number of rotatable bonds is 5. The molecule has 0 aliphatic carbocycles. The van der Waals surface area contributed by atoms with Crippen LogP contribution in [0.15, 0.2) is 42.5 Å². The van der Waals surface area contributed by atoms with Gasteiger partial charge >= 0.3 is 0 Å². The average Bonchev–Trinajstić information content (AvgIpc) is 2.51. The Balaban J connectivity index is 1.99. The Labute approximate surface area is 150 Å². The Hall–Kier alpha value is -1.26. The zero-order valence-corrected chi connectivity index (χ0v) is 15.0.